The first kappa shape index (κ1) is 30.6. The molecule has 1 rings (SSSR count). The average molecular weight is 487 g/mol. The van der Waals surface area contributed by atoms with Crippen LogP contribution in [0.1, 0.15) is 11.1 Å². The third kappa shape index (κ3) is 16.2. The van der Waals surface area contributed by atoms with Gasteiger partial charge in [-0.25, -0.2) is 0 Å². The highest BCUT2D eigenvalue weighted by molar-refractivity contribution is 5.45. The van der Waals surface area contributed by atoms with E-state index < -0.39 is 0 Å². The lowest BCUT2D eigenvalue weighted by Gasteiger charge is -2.23. The molecule has 8 nitrogen and oxygen atoms in total. The molecule has 1 aromatic carbocycles. The lowest BCUT2D eigenvalue weighted by atomic mass is 10.1. The molecule has 0 aliphatic rings. The Morgan fingerprint density at radius 2 is 0.765 bits per heavy atom. The Bertz CT molecular complexity index is 613. The molecule has 198 valence electrons. The van der Waals surface area contributed by atoms with Crippen LogP contribution in [0.15, 0.2) is 12.1 Å². The molecular formula is C26H50N2O6+2. The van der Waals surface area contributed by atoms with Crippen molar-refractivity contribution in [3.05, 3.63) is 23.3 Å². The van der Waals surface area contributed by atoms with Crippen molar-refractivity contribution in [2.75, 3.05) is 121 Å². The zero-order valence-corrected chi connectivity index (χ0v) is 23.0. The number of nitrogens with zero attached hydrogens (tertiary/aromatic N) is 2. The van der Waals surface area contributed by atoms with Crippen LogP contribution in [-0.4, -0.2) is 130 Å². The van der Waals surface area contributed by atoms with Gasteiger partial charge in [0.1, 0.15) is 37.8 Å². The van der Waals surface area contributed by atoms with Gasteiger partial charge in [-0.15, -0.1) is 0 Å². The van der Waals surface area contributed by atoms with Crippen molar-refractivity contribution in [1.82, 2.24) is 0 Å². The summed E-state index contributed by atoms with van der Waals surface area (Å²) in [5.41, 5.74) is 2.08. The number of hydrogen-bond donors (Lipinski definition) is 0. The Morgan fingerprint density at radius 3 is 1.09 bits per heavy atom. The van der Waals surface area contributed by atoms with E-state index in [0.29, 0.717) is 52.9 Å². The highest BCUT2D eigenvalue weighted by Crippen LogP contribution is 2.28. The number of quaternary nitrogens is 2. The molecule has 0 amide bonds. The summed E-state index contributed by atoms with van der Waals surface area (Å²) >= 11 is 0. The van der Waals surface area contributed by atoms with E-state index in [4.69, 9.17) is 28.4 Å². The highest BCUT2D eigenvalue weighted by Gasteiger charge is 2.08. The molecule has 0 aliphatic carbocycles. The van der Waals surface area contributed by atoms with Crippen LogP contribution in [-0.2, 0) is 18.9 Å². The Morgan fingerprint density at radius 1 is 0.471 bits per heavy atom. The maximum atomic E-state index is 5.89. The molecule has 34 heavy (non-hydrogen) atoms. The fraction of sp³-hybridized carbons (Fsp3) is 0.769. The van der Waals surface area contributed by atoms with Crippen LogP contribution < -0.4 is 9.47 Å². The van der Waals surface area contributed by atoms with E-state index in [1.807, 2.05) is 26.0 Å². The van der Waals surface area contributed by atoms with Crippen LogP contribution in [0.4, 0.5) is 0 Å². The summed E-state index contributed by atoms with van der Waals surface area (Å²) in [5, 5.41) is 0. The summed E-state index contributed by atoms with van der Waals surface area (Å²) in [5.74, 6) is 1.71. The van der Waals surface area contributed by atoms with Gasteiger partial charge in [-0.1, -0.05) is 0 Å². The quantitative estimate of drug-likeness (QED) is 0.209. The molecule has 0 aromatic heterocycles. The molecule has 8 heteroatoms. The van der Waals surface area contributed by atoms with E-state index in [0.717, 1.165) is 57.9 Å². The van der Waals surface area contributed by atoms with Gasteiger partial charge in [0.05, 0.1) is 95.1 Å². The van der Waals surface area contributed by atoms with Crippen LogP contribution in [0.5, 0.6) is 11.5 Å². The lowest BCUT2D eigenvalue weighted by Crippen LogP contribution is -2.37. The summed E-state index contributed by atoms with van der Waals surface area (Å²) in [6, 6.07) is 4.03. The summed E-state index contributed by atoms with van der Waals surface area (Å²) in [7, 11) is 12.9. The van der Waals surface area contributed by atoms with Crippen molar-refractivity contribution in [1.29, 1.82) is 0 Å². The normalized spacial score (nSPS) is 12.2. The highest BCUT2D eigenvalue weighted by atomic mass is 16.5. The molecule has 0 saturated heterocycles. The molecule has 0 fully saturated rings. The van der Waals surface area contributed by atoms with Crippen LogP contribution in [0.3, 0.4) is 0 Å². The minimum atomic E-state index is 0.504. The minimum Gasteiger partial charge on any atom is -0.491 e. The van der Waals surface area contributed by atoms with Crippen LogP contribution in [0.25, 0.3) is 0 Å². The molecule has 0 spiro atoms. The van der Waals surface area contributed by atoms with E-state index in [1.165, 1.54) is 0 Å². The molecule has 0 bridgehead atoms. The van der Waals surface area contributed by atoms with Gasteiger partial charge in [0.2, 0.25) is 0 Å². The predicted molar refractivity (Wildman–Crippen MR) is 136 cm³/mol. The second-order valence-electron chi connectivity index (χ2n) is 10.6. The minimum absolute atomic E-state index is 0.504. The van der Waals surface area contributed by atoms with Crippen molar-refractivity contribution in [3.8, 4) is 11.5 Å². The largest absolute Gasteiger partial charge is 0.491 e. The molecular weight excluding hydrogens is 436 g/mol. The summed E-state index contributed by atoms with van der Waals surface area (Å²) in [6.45, 7) is 12.0. The third-order valence-corrected chi connectivity index (χ3v) is 5.00. The van der Waals surface area contributed by atoms with Crippen molar-refractivity contribution < 1.29 is 37.4 Å². The number of likely N-dealkylation sites (N-methyl/N-ethyl adjacent to an activating group) is 2. The molecule has 0 unspecified atom stereocenters. The molecule has 0 radical (unpaired) electrons. The Balaban J connectivity index is 2.14. The first-order valence-electron chi connectivity index (χ1n) is 12.3. The number of ether oxygens (including phenoxy) is 6. The van der Waals surface area contributed by atoms with Gasteiger partial charge < -0.3 is 37.4 Å². The van der Waals surface area contributed by atoms with Crippen LogP contribution >= 0.6 is 0 Å². The molecule has 0 saturated carbocycles. The Hall–Kier alpha value is -1.42. The first-order valence-corrected chi connectivity index (χ1v) is 12.3. The van der Waals surface area contributed by atoms with Gasteiger partial charge in [-0.05, 0) is 37.1 Å². The van der Waals surface area contributed by atoms with Gasteiger partial charge in [0.25, 0.3) is 0 Å². The molecule has 1 aromatic rings. The second-order valence-corrected chi connectivity index (χ2v) is 10.6. The Kier molecular flexibility index (Phi) is 14.7. The monoisotopic (exact) mass is 486 g/mol. The van der Waals surface area contributed by atoms with Gasteiger partial charge in [-0.3, -0.25) is 0 Å². The summed E-state index contributed by atoms with van der Waals surface area (Å²) in [6.07, 6.45) is 0. The fourth-order valence-corrected chi connectivity index (χ4v) is 2.82. The van der Waals surface area contributed by atoms with Gasteiger partial charge in [-0.2, -0.15) is 0 Å². The van der Waals surface area contributed by atoms with Crippen molar-refractivity contribution in [3.63, 3.8) is 0 Å². The summed E-state index contributed by atoms with van der Waals surface area (Å²) < 4.78 is 36.0. The predicted octanol–water partition coefficient (Wildman–Crippen LogP) is 2.54. The molecule has 0 aliphatic heterocycles. The summed E-state index contributed by atoms with van der Waals surface area (Å²) in [4.78, 5) is 0. The van der Waals surface area contributed by atoms with Crippen molar-refractivity contribution in [2.24, 2.45) is 0 Å². The zero-order valence-electron chi connectivity index (χ0n) is 23.0. The van der Waals surface area contributed by atoms with Gasteiger partial charge >= 0.3 is 0 Å². The SMILES string of the molecule is Cc1cc(OCCOCCOCC[N+](C)(C)C)c(C)cc1OCCOCCOCC[N+](C)(C)C. The fourth-order valence-electron chi connectivity index (χ4n) is 2.82. The maximum absolute atomic E-state index is 5.89. The van der Waals surface area contributed by atoms with Gasteiger partial charge in [0.15, 0.2) is 0 Å². The third-order valence-electron chi connectivity index (χ3n) is 5.00. The average Bonchev–Trinajstić information content (AvgIpc) is 2.72. The van der Waals surface area contributed by atoms with Gasteiger partial charge in [0, 0.05) is 0 Å². The van der Waals surface area contributed by atoms with E-state index in [1.54, 1.807) is 0 Å². The topological polar surface area (TPSA) is 55.4 Å². The molecule has 0 heterocycles. The smallest absolute Gasteiger partial charge is 0.122 e. The number of benzene rings is 1. The second kappa shape index (κ2) is 16.3. The maximum Gasteiger partial charge on any atom is 0.122 e. The van der Waals surface area contributed by atoms with E-state index in [9.17, 15) is 0 Å². The first-order chi connectivity index (χ1) is 16.0. The van der Waals surface area contributed by atoms with E-state index >= 15 is 0 Å². The van der Waals surface area contributed by atoms with Crippen molar-refractivity contribution >= 4 is 0 Å². The number of hydrogen-bond acceptors (Lipinski definition) is 6. The number of aryl methyl sites for hydroxylation is 2. The zero-order chi connectivity index (χ0) is 25.5. The van der Waals surface area contributed by atoms with E-state index in [2.05, 4.69) is 42.3 Å². The van der Waals surface area contributed by atoms with Crippen molar-refractivity contribution in [2.45, 2.75) is 13.8 Å². The standard InChI is InChI=1S/C26H50N2O6/c1-23-21-26(34-20-18-32-16-14-30-12-10-28(6,7)8)24(2)22-25(23)33-19-17-31-15-13-29-11-9-27(3,4)5/h21-22H,9-20H2,1-8H3/q+2. The van der Waals surface area contributed by atoms with E-state index in [-0.39, 0.29) is 0 Å². The molecule has 0 N–H and O–H groups in total. The number of rotatable bonds is 20. The lowest BCUT2D eigenvalue weighted by molar-refractivity contribution is -0.870. The molecule has 0 atom stereocenters. The Labute approximate surface area is 207 Å². The van der Waals surface area contributed by atoms with Crippen LogP contribution in [0.2, 0.25) is 0 Å². The van der Waals surface area contributed by atoms with Crippen LogP contribution in [0, 0.1) is 13.8 Å².